The van der Waals surface area contributed by atoms with Crippen LogP contribution in [0.5, 0.6) is 5.75 Å². The molecule has 1 aliphatic heterocycles. The van der Waals surface area contributed by atoms with E-state index in [0.29, 0.717) is 5.92 Å². The summed E-state index contributed by atoms with van der Waals surface area (Å²) < 4.78 is 5.39. The van der Waals surface area contributed by atoms with Gasteiger partial charge in [0.25, 0.3) is 0 Å². The number of hydrogen-bond acceptors (Lipinski definition) is 4. The van der Waals surface area contributed by atoms with E-state index in [9.17, 15) is 0 Å². The molecule has 2 atom stereocenters. The first-order chi connectivity index (χ1) is 10.7. The quantitative estimate of drug-likeness (QED) is 0.867. The molecule has 0 amide bonds. The molecule has 0 saturated carbocycles. The molecular weight excluding hydrogens is 310 g/mol. The fourth-order valence-electron chi connectivity index (χ4n) is 3.32. The second kappa shape index (κ2) is 6.65. The van der Waals surface area contributed by atoms with E-state index in [4.69, 9.17) is 4.74 Å². The number of nitrogens with one attached hydrogen (secondary N) is 1. The lowest BCUT2D eigenvalue weighted by atomic mass is 9.76. The van der Waals surface area contributed by atoms with Gasteiger partial charge in [-0.05, 0) is 55.3 Å². The summed E-state index contributed by atoms with van der Waals surface area (Å²) >= 11 is 3.80. The highest BCUT2D eigenvalue weighted by molar-refractivity contribution is 7.99. The van der Waals surface area contributed by atoms with Crippen molar-refractivity contribution in [2.24, 2.45) is 0 Å². The zero-order chi connectivity index (χ0) is 15.6. The van der Waals surface area contributed by atoms with Crippen LogP contribution >= 0.6 is 23.1 Å². The maximum absolute atomic E-state index is 5.39. The number of likely N-dealkylation sites (N-methyl/N-ethyl adjacent to an activating group) is 1. The number of ether oxygens (including phenoxy) is 1. The minimum absolute atomic E-state index is 0.0785. The van der Waals surface area contributed by atoms with Gasteiger partial charge in [-0.15, -0.1) is 23.1 Å². The summed E-state index contributed by atoms with van der Waals surface area (Å²) in [5.41, 5.74) is 1.54. The lowest BCUT2D eigenvalue weighted by Crippen LogP contribution is -2.48. The molecule has 0 saturated heterocycles. The minimum atomic E-state index is 0.0785. The molecule has 22 heavy (non-hydrogen) atoms. The van der Waals surface area contributed by atoms with Gasteiger partial charge in [0.15, 0.2) is 0 Å². The summed E-state index contributed by atoms with van der Waals surface area (Å²) in [5.74, 6) is 2.66. The molecule has 2 nitrogen and oxygen atoms in total. The third-order valence-electron chi connectivity index (χ3n) is 4.72. The Balaban J connectivity index is 1.94. The van der Waals surface area contributed by atoms with Gasteiger partial charge in [0.1, 0.15) is 5.75 Å². The van der Waals surface area contributed by atoms with Gasteiger partial charge in [-0.3, -0.25) is 0 Å². The molecule has 2 heterocycles. The maximum Gasteiger partial charge on any atom is 0.119 e. The predicted molar refractivity (Wildman–Crippen MR) is 96.6 cm³/mol. The van der Waals surface area contributed by atoms with Crippen molar-refractivity contribution < 1.29 is 4.74 Å². The topological polar surface area (TPSA) is 21.3 Å². The molecule has 0 aliphatic carbocycles. The van der Waals surface area contributed by atoms with E-state index < -0.39 is 0 Å². The van der Waals surface area contributed by atoms with E-state index in [1.807, 2.05) is 23.1 Å². The molecule has 0 spiro atoms. The monoisotopic (exact) mass is 333 g/mol. The van der Waals surface area contributed by atoms with Crippen LogP contribution in [0.3, 0.4) is 0 Å². The summed E-state index contributed by atoms with van der Waals surface area (Å²) in [5, 5.41) is 5.79. The van der Waals surface area contributed by atoms with Crippen molar-refractivity contribution in [1.29, 1.82) is 0 Å². The van der Waals surface area contributed by atoms with Crippen LogP contribution in [0.25, 0.3) is 0 Å². The van der Waals surface area contributed by atoms with Gasteiger partial charge in [-0.25, -0.2) is 0 Å². The molecule has 0 radical (unpaired) electrons. The Morgan fingerprint density at radius 2 is 2.23 bits per heavy atom. The first-order valence-electron chi connectivity index (χ1n) is 7.68. The van der Waals surface area contributed by atoms with Gasteiger partial charge in [0, 0.05) is 27.7 Å². The number of fused-ring (bicyclic) bond motifs is 1. The minimum Gasteiger partial charge on any atom is -0.497 e. The Kier molecular flexibility index (Phi) is 4.81. The van der Waals surface area contributed by atoms with Gasteiger partial charge in [-0.1, -0.05) is 12.1 Å². The Hall–Kier alpha value is -0.970. The number of hydrogen-bond donors (Lipinski definition) is 1. The SMILES string of the molecule is CNC(C)(Cc1cccs1)C1CCSc2cc(OC)ccc21. The van der Waals surface area contributed by atoms with Gasteiger partial charge in [0.2, 0.25) is 0 Å². The predicted octanol–water partition coefficient (Wildman–Crippen LogP) is 4.56. The maximum atomic E-state index is 5.39. The number of methoxy groups -OCH3 is 1. The molecule has 0 fully saturated rings. The summed E-state index contributed by atoms with van der Waals surface area (Å²) in [6.07, 6.45) is 2.29. The highest BCUT2D eigenvalue weighted by atomic mass is 32.2. The van der Waals surface area contributed by atoms with E-state index >= 15 is 0 Å². The number of rotatable bonds is 5. The van der Waals surface area contributed by atoms with Crippen molar-refractivity contribution in [1.82, 2.24) is 5.32 Å². The zero-order valence-corrected chi connectivity index (χ0v) is 15.0. The van der Waals surface area contributed by atoms with E-state index in [1.165, 1.54) is 27.5 Å². The third-order valence-corrected chi connectivity index (χ3v) is 6.70. The van der Waals surface area contributed by atoms with E-state index in [0.717, 1.165) is 12.2 Å². The van der Waals surface area contributed by atoms with Crippen molar-refractivity contribution in [3.05, 3.63) is 46.2 Å². The second-order valence-electron chi connectivity index (χ2n) is 6.02. The molecule has 118 valence electrons. The molecule has 1 aromatic heterocycles. The Bertz CT molecular complexity index is 626. The first kappa shape index (κ1) is 15.9. The number of thioether (sulfide) groups is 1. The van der Waals surface area contributed by atoms with E-state index in [2.05, 4.69) is 55.0 Å². The highest BCUT2D eigenvalue weighted by Gasteiger charge is 2.37. The van der Waals surface area contributed by atoms with Crippen molar-refractivity contribution in [3.8, 4) is 5.75 Å². The average Bonchev–Trinajstić information content (AvgIpc) is 3.06. The van der Waals surface area contributed by atoms with Crippen LogP contribution in [-0.4, -0.2) is 25.4 Å². The highest BCUT2D eigenvalue weighted by Crippen LogP contribution is 2.45. The average molecular weight is 334 g/mol. The van der Waals surface area contributed by atoms with Gasteiger partial charge >= 0.3 is 0 Å². The molecule has 1 N–H and O–H groups in total. The molecule has 1 aromatic carbocycles. The van der Waals surface area contributed by atoms with Gasteiger partial charge < -0.3 is 10.1 Å². The normalized spacial score (nSPS) is 20.2. The molecule has 3 rings (SSSR count). The molecule has 4 heteroatoms. The van der Waals surface area contributed by atoms with Crippen molar-refractivity contribution in [2.45, 2.75) is 36.1 Å². The fourth-order valence-corrected chi connectivity index (χ4v) is 5.34. The zero-order valence-electron chi connectivity index (χ0n) is 13.4. The summed E-state index contributed by atoms with van der Waals surface area (Å²) in [4.78, 5) is 2.83. The Morgan fingerprint density at radius 3 is 2.91 bits per heavy atom. The fraction of sp³-hybridized carbons (Fsp3) is 0.444. The van der Waals surface area contributed by atoms with Crippen LogP contribution in [0.15, 0.2) is 40.6 Å². The molecule has 0 bridgehead atoms. The Labute approximate surface area is 141 Å². The lowest BCUT2D eigenvalue weighted by Gasteiger charge is -2.41. The molecule has 1 aliphatic rings. The lowest BCUT2D eigenvalue weighted by molar-refractivity contribution is 0.300. The molecular formula is C18H23NOS2. The van der Waals surface area contributed by atoms with Crippen molar-refractivity contribution in [2.75, 3.05) is 19.9 Å². The summed E-state index contributed by atoms with van der Waals surface area (Å²) in [6.45, 7) is 2.36. The first-order valence-corrected chi connectivity index (χ1v) is 9.55. The van der Waals surface area contributed by atoms with Crippen LogP contribution in [0.1, 0.15) is 29.7 Å². The van der Waals surface area contributed by atoms with Crippen LogP contribution < -0.4 is 10.1 Å². The van der Waals surface area contributed by atoms with Gasteiger partial charge in [0.05, 0.1) is 7.11 Å². The van der Waals surface area contributed by atoms with Crippen LogP contribution in [0, 0.1) is 0 Å². The Morgan fingerprint density at radius 1 is 1.36 bits per heavy atom. The van der Waals surface area contributed by atoms with Crippen LogP contribution in [0.2, 0.25) is 0 Å². The smallest absolute Gasteiger partial charge is 0.119 e. The second-order valence-corrected chi connectivity index (χ2v) is 8.19. The van der Waals surface area contributed by atoms with Crippen molar-refractivity contribution in [3.63, 3.8) is 0 Å². The van der Waals surface area contributed by atoms with E-state index in [1.54, 1.807) is 7.11 Å². The third kappa shape index (κ3) is 3.05. The summed E-state index contributed by atoms with van der Waals surface area (Å²) in [6, 6.07) is 10.9. The van der Waals surface area contributed by atoms with E-state index in [-0.39, 0.29) is 5.54 Å². The standard InChI is InChI=1S/C18H23NOS2/c1-18(19-2,12-14-5-4-9-21-14)16-8-10-22-17-11-13(20-3)6-7-15(16)17/h4-7,9,11,16,19H,8,10,12H2,1-3H3. The number of thiophene rings is 1. The van der Waals surface area contributed by atoms with Crippen LogP contribution in [0.4, 0.5) is 0 Å². The van der Waals surface area contributed by atoms with Crippen molar-refractivity contribution >= 4 is 23.1 Å². The molecule has 2 unspecified atom stereocenters. The summed E-state index contributed by atoms with van der Waals surface area (Å²) in [7, 11) is 3.83. The van der Waals surface area contributed by atoms with Gasteiger partial charge in [-0.2, -0.15) is 0 Å². The largest absolute Gasteiger partial charge is 0.497 e. The molecule has 2 aromatic rings. The van der Waals surface area contributed by atoms with Crippen LogP contribution in [-0.2, 0) is 6.42 Å². The number of benzene rings is 1.